The van der Waals surface area contributed by atoms with E-state index in [9.17, 15) is 31.5 Å². The van der Waals surface area contributed by atoms with Crippen molar-refractivity contribution in [1.29, 1.82) is 0 Å². The third kappa shape index (κ3) is 16.2. The maximum Gasteiger partial charge on any atom is 0.259 e. The highest BCUT2D eigenvalue weighted by atomic mass is 32.2. The Morgan fingerprint density at radius 1 is 0.630 bits per heavy atom. The number of aromatic nitrogens is 2. The molecular weight excluding hydrogens is 1130 g/mol. The first-order valence-corrected chi connectivity index (χ1v) is 34.8. The van der Waals surface area contributed by atoms with Gasteiger partial charge in [-0.2, -0.15) is 0 Å². The number of thiazole rings is 2. The molecule has 4 aliphatic rings. The zero-order chi connectivity index (χ0) is 57.4. The van der Waals surface area contributed by atoms with E-state index in [1.165, 1.54) is 17.5 Å². The number of hydrogen-bond donors (Lipinski definition) is 3. The molecule has 2 aliphatic carbocycles. The second-order valence-electron chi connectivity index (χ2n) is 21.9. The number of amides is 2. The second kappa shape index (κ2) is 26.4. The largest absolute Gasteiger partial charge is 0.445 e. The van der Waals surface area contributed by atoms with Gasteiger partial charge in [-0.3, -0.25) is 20.2 Å². The smallest absolute Gasteiger partial charge is 0.259 e. The molecule has 2 saturated carbocycles. The van der Waals surface area contributed by atoms with Crippen molar-refractivity contribution in [3.8, 4) is 21.6 Å². The van der Waals surface area contributed by atoms with Crippen molar-refractivity contribution in [2.75, 3.05) is 37.1 Å². The Morgan fingerprint density at radius 2 is 1.04 bits per heavy atom. The average Bonchev–Trinajstić information content (AvgIpc) is 4.49. The van der Waals surface area contributed by atoms with Crippen LogP contribution in [0.1, 0.15) is 107 Å². The second-order valence-corrected chi connectivity index (χ2v) is 33.2. The molecule has 2 atom stereocenters. The molecule has 6 aromatic rings. The van der Waals surface area contributed by atoms with E-state index in [0.717, 1.165) is 22.5 Å². The van der Waals surface area contributed by atoms with Crippen molar-refractivity contribution in [1.82, 2.24) is 9.97 Å². The Labute approximate surface area is 482 Å². The van der Waals surface area contributed by atoms with Gasteiger partial charge in [0.25, 0.3) is 11.8 Å². The summed E-state index contributed by atoms with van der Waals surface area (Å²) in [6.45, 7) is 13.8. The summed E-state index contributed by atoms with van der Waals surface area (Å²) in [5, 5.41) is 16.2. The monoisotopic (exact) mass is 1200 g/mol. The van der Waals surface area contributed by atoms with E-state index in [1.807, 2.05) is 24.3 Å². The van der Waals surface area contributed by atoms with Crippen molar-refractivity contribution < 1.29 is 64.4 Å². The number of rotatable bonds is 22. The van der Waals surface area contributed by atoms with Gasteiger partial charge in [-0.1, -0.05) is 92.0 Å². The average molecular weight is 1200 g/mol. The first kappa shape index (κ1) is 60.2. The number of benzene rings is 4. The Morgan fingerprint density at radius 3 is 1.43 bits per heavy atom. The van der Waals surface area contributed by atoms with Crippen LogP contribution in [0, 0.1) is 0 Å². The molecule has 10 rings (SSSR count). The minimum absolute atomic E-state index is 0.0941. The van der Waals surface area contributed by atoms with Crippen LogP contribution >= 0.6 is 22.7 Å². The minimum atomic E-state index is -3.33. The molecule has 3 N–H and O–H groups in total. The zero-order valence-corrected chi connectivity index (χ0v) is 50.3. The van der Waals surface area contributed by atoms with Crippen LogP contribution in [0.5, 0.6) is 21.6 Å². The predicted molar refractivity (Wildman–Crippen MR) is 311 cm³/mol. The topological polar surface area (TPSA) is 237 Å². The maximum absolute atomic E-state index is 13.6. The lowest BCUT2D eigenvalue weighted by molar-refractivity contribution is -0.136. The lowest BCUT2D eigenvalue weighted by atomic mass is 10.1. The summed E-state index contributed by atoms with van der Waals surface area (Å²) in [4.78, 5) is 36.0. The molecule has 18 nitrogen and oxygen atoms in total. The van der Waals surface area contributed by atoms with E-state index >= 15 is 0 Å². The highest BCUT2D eigenvalue weighted by Crippen LogP contribution is 2.40. The highest BCUT2D eigenvalue weighted by molar-refractivity contribution is 7.92. The van der Waals surface area contributed by atoms with Crippen LogP contribution in [0.25, 0.3) is 0 Å². The zero-order valence-electron chi connectivity index (χ0n) is 46.0. The first-order chi connectivity index (χ1) is 38.7. The third-order valence-corrected chi connectivity index (χ3v) is 25.3. The molecule has 2 aliphatic heterocycles. The van der Waals surface area contributed by atoms with Crippen LogP contribution in [0.4, 0.5) is 10.3 Å². The minimum Gasteiger partial charge on any atom is -0.445 e. The lowest BCUT2D eigenvalue weighted by Gasteiger charge is -2.36. The van der Waals surface area contributed by atoms with Gasteiger partial charge >= 0.3 is 0 Å². The number of nitrogens with zero attached hydrogens (tertiary/aromatic N) is 2. The molecule has 4 heterocycles. The van der Waals surface area contributed by atoms with E-state index < -0.39 is 46.1 Å². The fraction of sp³-hybridized carbons (Fsp3) is 0.448. The van der Waals surface area contributed by atoms with Crippen molar-refractivity contribution in [3.63, 3.8) is 0 Å². The van der Waals surface area contributed by atoms with E-state index in [-0.39, 0.29) is 50.1 Å². The number of hydrogen-bond acceptors (Lipinski definition) is 18. The van der Waals surface area contributed by atoms with Gasteiger partial charge in [0, 0.05) is 26.4 Å². The summed E-state index contributed by atoms with van der Waals surface area (Å²) >= 11 is 2.37. The number of aliphatic hydroxyl groups excluding tert-OH is 1. The molecular formula is C58H70N4O14S4Si. The van der Waals surface area contributed by atoms with Crippen molar-refractivity contribution >= 4 is 72.7 Å². The summed E-state index contributed by atoms with van der Waals surface area (Å²) in [5.41, 5.74) is 2.88. The van der Waals surface area contributed by atoms with Crippen LogP contribution in [-0.4, -0.2) is 101 Å². The lowest BCUT2D eigenvalue weighted by Crippen LogP contribution is -2.40. The van der Waals surface area contributed by atoms with E-state index in [4.69, 9.17) is 32.8 Å². The SMILES string of the molecule is CC(C)(C)[Si](C)(C)OCc1cccc(Oc2cnc(NC(=O)C(OC3CCOCC3)c3ccc(S(=O)(=O)C4CC4)cc3)s2)c1.O=C(Nc1ncc(Oc2cccc(CO)c2)s1)C(OC1CCOCC1)c1ccc(S(=O)(=O)C2CC2)cc1. The molecule has 2 amide bonds. The predicted octanol–water partition coefficient (Wildman–Crippen LogP) is 11.5. The van der Waals surface area contributed by atoms with Crippen LogP contribution in [0.15, 0.2) is 119 Å². The number of carbonyl (C=O) groups excluding carboxylic acids is 2. The summed E-state index contributed by atoms with van der Waals surface area (Å²) in [6, 6.07) is 27.7. The molecule has 0 spiro atoms. The fourth-order valence-corrected chi connectivity index (χ4v) is 14.2. The van der Waals surface area contributed by atoms with Crippen LogP contribution in [0.2, 0.25) is 18.1 Å². The Kier molecular flexibility index (Phi) is 19.6. The van der Waals surface area contributed by atoms with Gasteiger partial charge in [-0.25, -0.2) is 26.8 Å². The van der Waals surface area contributed by atoms with E-state index in [1.54, 1.807) is 79.0 Å². The summed E-state index contributed by atoms with van der Waals surface area (Å²) in [7, 11) is -8.54. The van der Waals surface area contributed by atoms with Gasteiger partial charge in [-0.15, -0.1) is 0 Å². The number of ether oxygens (including phenoxy) is 6. The Hall–Kier alpha value is -5.44. The number of aliphatic hydroxyl groups is 1. The van der Waals surface area contributed by atoms with E-state index in [0.29, 0.717) is 127 Å². The number of anilines is 2. The van der Waals surface area contributed by atoms with Crippen molar-refractivity contribution in [2.24, 2.45) is 0 Å². The number of nitrogens with one attached hydrogen (secondary N) is 2. The van der Waals surface area contributed by atoms with E-state index in [2.05, 4.69) is 54.5 Å². The quantitative estimate of drug-likeness (QED) is 0.0536. The summed E-state index contributed by atoms with van der Waals surface area (Å²) in [6.07, 6.45) is 6.32. The Balaban J connectivity index is 0.000000198. The molecule has 434 valence electrons. The van der Waals surface area contributed by atoms with Crippen LogP contribution in [0.3, 0.4) is 0 Å². The van der Waals surface area contributed by atoms with Gasteiger partial charge in [0.2, 0.25) is 10.1 Å². The highest BCUT2D eigenvalue weighted by Gasteiger charge is 2.39. The van der Waals surface area contributed by atoms with Gasteiger partial charge in [0.1, 0.15) is 11.5 Å². The molecule has 81 heavy (non-hydrogen) atoms. The molecule has 2 saturated heterocycles. The molecule has 0 radical (unpaired) electrons. The first-order valence-electron chi connectivity index (χ1n) is 27.2. The maximum atomic E-state index is 13.6. The summed E-state index contributed by atoms with van der Waals surface area (Å²) in [5.74, 6) is 0.410. The standard InChI is InChI=1S/C32H42N2O7S2Si.C26H28N2O7S2/c1-32(2,3)44(4,5)39-21-22-7-6-8-25(19-22)40-28-20-33-31(42-28)34-30(35)29(41-24-15-17-38-18-16-24)23-9-11-26(12-10-23)43(36,37)27-13-14-27;29-16-17-2-1-3-20(14-17)34-23-15-27-26(36-23)28-25(30)24(35-19-10-12-33-13-11-19)18-4-6-21(7-5-18)37(31,32)22-8-9-22/h6-12,19-20,24,27,29H,13-18,21H2,1-5H3,(H,33,34,35);1-7,14-15,19,22,24,29H,8-13,16H2,(H,27,28,30). The third-order valence-electron chi connectivity index (χ3n) is 14.7. The molecule has 4 aromatic carbocycles. The molecule has 0 bridgehead atoms. The number of carbonyl (C=O) groups is 2. The molecule has 2 aromatic heterocycles. The van der Waals surface area contributed by atoms with Gasteiger partial charge in [-0.05, 0) is 140 Å². The molecule has 23 heteroatoms. The Bertz CT molecular complexity index is 3310. The number of sulfone groups is 2. The van der Waals surface area contributed by atoms with Gasteiger partial charge < -0.3 is 38.0 Å². The van der Waals surface area contributed by atoms with Crippen molar-refractivity contribution in [2.45, 2.75) is 148 Å². The van der Waals surface area contributed by atoms with Crippen molar-refractivity contribution in [3.05, 3.63) is 132 Å². The van der Waals surface area contributed by atoms with Crippen LogP contribution < -0.4 is 20.1 Å². The van der Waals surface area contributed by atoms with Crippen LogP contribution in [-0.2, 0) is 65.9 Å². The molecule has 4 fully saturated rings. The summed E-state index contributed by atoms with van der Waals surface area (Å²) < 4.78 is 92.1. The van der Waals surface area contributed by atoms with Gasteiger partial charge in [0.05, 0.1) is 58.1 Å². The molecule has 2 unspecified atom stereocenters. The van der Waals surface area contributed by atoms with Gasteiger partial charge in [0.15, 0.2) is 50.5 Å². The fourth-order valence-electron chi connectivity index (χ4n) is 8.59. The normalized spacial score (nSPS) is 17.3.